The Morgan fingerprint density at radius 3 is 2.74 bits per heavy atom. The summed E-state index contributed by atoms with van der Waals surface area (Å²) < 4.78 is 21.3. The number of anilines is 1. The molecule has 2 aromatic heterocycles. The number of hydrogen-bond acceptors (Lipinski definition) is 4. The Balaban J connectivity index is 1.56. The third-order valence-electron chi connectivity index (χ3n) is 6.38. The summed E-state index contributed by atoms with van der Waals surface area (Å²) in [6.45, 7) is 10.7. The van der Waals surface area contributed by atoms with Gasteiger partial charge >= 0.3 is 0 Å². The lowest BCUT2D eigenvalue weighted by atomic mass is 9.71. The molecule has 2 heterocycles. The summed E-state index contributed by atoms with van der Waals surface area (Å²) in [4.78, 5) is 13.1. The first-order chi connectivity index (χ1) is 14.6. The summed E-state index contributed by atoms with van der Waals surface area (Å²) in [5.41, 5.74) is 4.03. The molecule has 3 aromatic rings. The first kappa shape index (κ1) is 21.3. The van der Waals surface area contributed by atoms with Crippen molar-refractivity contribution in [3.8, 4) is 0 Å². The van der Waals surface area contributed by atoms with E-state index in [9.17, 15) is 9.18 Å². The predicted molar refractivity (Wildman–Crippen MR) is 117 cm³/mol. The number of aromatic nitrogens is 3. The third-order valence-corrected chi connectivity index (χ3v) is 6.38. The Morgan fingerprint density at radius 2 is 2.03 bits per heavy atom. The fourth-order valence-electron chi connectivity index (χ4n) is 4.31. The minimum Gasteiger partial charge on any atom is -0.360 e. The van der Waals surface area contributed by atoms with Gasteiger partial charge in [0.15, 0.2) is 5.69 Å². The van der Waals surface area contributed by atoms with Gasteiger partial charge in [-0.15, -0.1) is 0 Å². The van der Waals surface area contributed by atoms with Gasteiger partial charge in [-0.2, -0.15) is 5.10 Å². The van der Waals surface area contributed by atoms with E-state index in [0.29, 0.717) is 35.1 Å². The number of amides is 1. The summed E-state index contributed by atoms with van der Waals surface area (Å²) in [6, 6.07) is 6.62. The molecule has 31 heavy (non-hydrogen) atoms. The Hall–Kier alpha value is -2.96. The zero-order chi connectivity index (χ0) is 22.3. The quantitative estimate of drug-likeness (QED) is 0.634. The van der Waals surface area contributed by atoms with Gasteiger partial charge in [0.1, 0.15) is 11.6 Å². The monoisotopic (exact) mass is 424 g/mol. The number of aryl methyl sites for hydroxylation is 2. The molecule has 4 rings (SSSR count). The van der Waals surface area contributed by atoms with E-state index in [1.54, 1.807) is 22.9 Å². The lowest BCUT2D eigenvalue weighted by Gasteiger charge is -2.33. The highest BCUT2D eigenvalue weighted by molar-refractivity contribution is 6.04. The van der Waals surface area contributed by atoms with Gasteiger partial charge in [0.2, 0.25) is 0 Å². The van der Waals surface area contributed by atoms with Crippen molar-refractivity contribution in [2.75, 3.05) is 5.32 Å². The average Bonchev–Trinajstić information content (AvgIpc) is 3.25. The SMILES string of the molecule is Cc1nn(Cc2ccccc2F)c(C)c1NC(=O)c1noc2c1CC(C(C)(C)C)CC2. The van der Waals surface area contributed by atoms with Crippen LogP contribution in [0.15, 0.2) is 28.8 Å². The van der Waals surface area contributed by atoms with Gasteiger partial charge in [0, 0.05) is 17.5 Å². The van der Waals surface area contributed by atoms with E-state index in [4.69, 9.17) is 4.52 Å². The second-order valence-corrected chi connectivity index (χ2v) is 9.49. The van der Waals surface area contributed by atoms with E-state index in [2.05, 4.69) is 36.3 Å². The second kappa shape index (κ2) is 7.94. The molecule has 0 saturated carbocycles. The standard InChI is InChI=1S/C24H29FN4O2/c1-14-21(15(2)29(27-14)13-16-8-6-7-9-19(16)25)26-23(30)22-18-12-17(24(3,4)5)10-11-20(18)31-28-22/h6-9,17H,10-13H2,1-5H3,(H,26,30). The van der Waals surface area contributed by atoms with Gasteiger partial charge in [-0.05, 0) is 44.1 Å². The molecule has 1 aromatic carbocycles. The van der Waals surface area contributed by atoms with Crippen molar-refractivity contribution < 1.29 is 13.7 Å². The van der Waals surface area contributed by atoms with E-state index in [0.717, 1.165) is 36.3 Å². The van der Waals surface area contributed by atoms with E-state index in [1.165, 1.54) is 6.07 Å². The molecule has 0 aliphatic heterocycles. The Bertz CT molecular complexity index is 1120. The summed E-state index contributed by atoms with van der Waals surface area (Å²) in [5.74, 6) is 0.715. The maximum Gasteiger partial charge on any atom is 0.278 e. The molecular formula is C24H29FN4O2. The van der Waals surface area contributed by atoms with Crippen LogP contribution in [0, 0.1) is 31.0 Å². The number of nitrogens with one attached hydrogen (secondary N) is 1. The maximum atomic E-state index is 14.1. The van der Waals surface area contributed by atoms with Crippen LogP contribution in [-0.2, 0) is 19.4 Å². The summed E-state index contributed by atoms with van der Waals surface area (Å²) >= 11 is 0. The smallest absolute Gasteiger partial charge is 0.278 e. The molecule has 7 heteroatoms. The largest absolute Gasteiger partial charge is 0.360 e. The molecule has 0 bridgehead atoms. The molecule has 1 amide bonds. The average molecular weight is 425 g/mol. The van der Waals surface area contributed by atoms with Crippen LogP contribution in [0.3, 0.4) is 0 Å². The van der Waals surface area contributed by atoms with Crippen LogP contribution in [0.2, 0.25) is 0 Å². The number of carbonyl (C=O) groups is 1. The van der Waals surface area contributed by atoms with Crippen LogP contribution in [0.4, 0.5) is 10.1 Å². The van der Waals surface area contributed by atoms with Gasteiger partial charge in [0.25, 0.3) is 5.91 Å². The molecule has 1 unspecified atom stereocenters. The first-order valence-electron chi connectivity index (χ1n) is 10.7. The van der Waals surface area contributed by atoms with Crippen LogP contribution in [-0.4, -0.2) is 20.8 Å². The lowest BCUT2D eigenvalue weighted by molar-refractivity contribution is 0.101. The van der Waals surface area contributed by atoms with E-state index in [1.807, 2.05) is 13.8 Å². The van der Waals surface area contributed by atoms with E-state index in [-0.39, 0.29) is 17.1 Å². The van der Waals surface area contributed by atoms with Crippen molar-refractivity contribution in [2.45, 2.75) is 60.4 Å². The molecule has 0 spiro atoms. The van der Waals surface area contributed by atoms with Crippen LogP contribution in [0.1, 0.15) is 66.0 Å². The van der Waals surface area contributed by atoms with Crippen molar-refractivity contribution >= 4 is 11.6 Å². The van der Waals surface area contributed by atoms with Crippen molar-refractivity contribution in [3.05, 3.63) is 64.1 Å². The van der Waals surface area contributed by atoms with Crippen LogP contribution >= 0.6 is 0 Å². The molecule has 0 saturated heterocycles. The molecule has 0 fully saturated rings. The zero-order valence-electron chi connectivity index (χ0n) is 18.8. The Kier molecular flexibility index (Phi) is 5.45. The van der Waals surface area contributed by atoms with Crippen LogP contribution < -0.4 is 5.32 Å². The van der Waals surface area contributed by atoms with E-state index < -0.39 is 0 Å². The first-order valence-corrected chi connectivity index (χ1v) is 10.7. The summed E-state index contributed by atoms with van der Waals surface area (Å²) in [7, 11) is 0. The topological polar surface area (TPSA) is 73.0 Å². The molecule has 164 valence electrons. The van der Waals surface area contributed by atoms with Gasteiger partial charge < -0.3 is 9.84 Å². The van der Waals surface area contributed by atoms with Gasteiger partial charge in [-0.25, -0.2) is 4.39 Å². The molecule has 1 aliphatic carbocycles. The fourth-order valence-corrected chi connectivity index (χ4v) is 4.31. The third kappa shape index (κ3) is 4.13. The van der Waals surface area contributed by atoms with Crippen molar-refractivity contribution in [1.29, 1.82) is 0 Å². The van der Waals surface area contributed by atoms with Crippen LogP contribution in [0.25, 0.3) is 0 Å². The Labute approximate surface area is 181 Å². The van der Waals surface area contributed by atoms with Gasteiger partial charge in [-0.3, -0.25) is 9.48 Å². The predicted octanol–water partition coefficient (Wildman–Crippen LogP) is 5.08. The van der Waals surface area contributed by atoms with Gasteiger partial charge in [0.05, 0.1) is 23.6 Å². The normalized spacial score (nSPS) is 16.3. The lowest BCUT2D eigenvalue weighted by Crippen LogP contribution is -2.27. The number of benzene rings is 1. The minimum atomic E-state index is -0.295. The van der Waals surface area contributed by atoms with Crippen molar-refractivity contribution in [1.82, 2.24) is 14.9 Å². The number of nitrogens with zero attached hydrogens (tertiary/aromatic N) is 3. The van der Waals surface area contributed by atoms with E-state index >= 15 is 0 Å². The van der Waals surface area contributed by atoms with Crippen molar-refractivity contribution in [2.24, 2.45) is 11.3 Å². The molecule has 1 atom stereocenters. The molecule has 1 N–H and O–H groups in total. The highest BCUT2D eigenvalue weighted by Crippen LogP contribution is 2.38. The second-order valence-electron chi connectivity index (χ2n) is 9.49. The molecular weight excluding hydrogens is 395 g/mol. The summed E-state index contributed by atoms with van der Waals surface area (Å²) in [6.07, 6.45) is 2.62. The number of hydrogen-bond donors (Lipinski definition) is 1. The molecule has 0 radical (unpaired) electrons. The maximum absolute atomic E-state index is 14.1. The summed E-state index contributed by atoms with van der Waals surface area (Å²) in [5, 5.41) is 11.6. The van der Waals surface area contributed by atoms with Crippen LogP contribution in [0.5, 0.6) is 0 Å². The minimum absolute atomic E-state index is 0.156. The van der Waals surface area contributed by atoms with Crippen molar-refractivity contribution in [3.63, 3.8) is 0 Å². The zero-order valence-corrected chi connectivity index (χ0v) is 18.8. The number of rotatable bonds is 4. The highest BCUT2D eigenvalue weighted by Gasteiger charge is 2.34. The highest BCUT2D eigenvalue weighted by atomic mass is 19.1. The fraction of sp³-hybridized carbons (Fsp3) is 0.458. The molecule has 1 aliphatic rings. The molecule has 6 nitrogen and oxygen atoms in total. The van der Waals surface area contributed by atoms with Gasteiger partial charge in [-0.1, -0.05) is 44.1 Å². The number of carbonyl (C=O) groups excluding carboxylic acids is 1. The Morgan fingerprint density at radius 1 is 1.29 bits per heavy atom. The number of fused-ring (bicyclic) bond motifs is 1. The number of halogens is 1.